The molecule has 1 saturated carbocycles. The van der Waals surface area contributed by atoms with Gasteiger partial charge in [0, 0.05) is 17.2 Å². The molecule has 0 unspecified atom stereocenters. The van der Waals surface area contributed by atoms with Crippen molar-refractivity contribution in [2.24, 2.45) is 5.92 Å². The molecule has 1 amide bonds. The molecule has 0 atom stereocenters. The second-order valence-electron chi connectivity index (χ2n) is 6.62. The topological polar surface area (TPSA) is 75.6 Å². The van der Waals surface area contributed by atoms with Crippen LogP contribution in [0.25, 0.3) is 0 Å². The molecule has 0 bridgehead atoms. The Labute approximate surface area is 153 Å². The Kier molecular flexibility index (Phi) is 5.89. The predicted molar refractivity (Wildman–Crippen MR) is 98.1 cm³/mol. The van der Waals surface area contributed by atoms with E-state index in [0.29, 0.717) is 37.9 Å². The van der Waals surface area contributed by atoms with E-state index in [0.717, 1.165) is 11.3 Å². The molecule has 1 aliphatic rings. The van der Waals surface area contributed by atoms with Gasteiger partial charge in [0.1, 0.15) is 12.4 Å². The Balaban J connectivity index is 1.60. The number of amides is 1. The number of carbonyl (C=O) groups is 2. The van der Waals surface area contributed by atoms with Crippen LogP contribution in [0.2, 0.25) is 0 Å². The summed E-state index contributed by atoms with van der Waals surface area (Å²) in [6.07, 6.45) is 2.62. The number of para-hydroxylation sites is 1. The van der Waals surface area contributed by atoms with Crippen LogP contribution in [0.3, 0.4) is 0 Å². The van der Waals surface area contributed by atoms with Crippen LogP contribution < -0.4 is 10.1 Å². The van der Waals surface area contributed by atoms with E-state index in [-0.39, 0.29) is 17.9 Å². The third-order valence-corrected chi connectivity index (χ3v) is 4.81. The molecule has 0 heterocycles. The van der Waals surface area contributed by atoms with Crippen molar-refractivity contribution in [1.29, 1.82) is 0 Å². The first-order chi connectivity index (χ1) is 12.6. The van der Waals surface area contributed by atoms with Crippen molar-refractivity contribution in [3.8, 4) is 5.75 Å². The van der Waals surface area contributed by atoms with Crippen LogP contribution in [0.15, 0.2) is 54.6 Å². The number of rotatable bonds is 6. The summed E-state index contributed by atoms with van der Waals surface area (Å²) in [5.41, 5.74) is 1.43. The van der Waals surface area contributed by atoms with Crippen LogP contribution >= 0.6 is 0 Å². The summed E-state index contributed by atoms with van der Waals surface area (Å²) in [4.78, 5) is 23.7. The van der Waals surface area contributed by atoms with Gasteiger partial charge in [-0.1, -0.05) is 36.4 Å². The average Bonchev–Trinajstić information content (AvgIpc) is 2.68. The van der Waals surface area contributed by atoms with Crippen molar-refractivity contribution in [3.05, 3.63) is 65.7 Å². The van der Waals surface area contributed by atoms with E-state index < -0.39 is 5.97 Å². The number of ether oxygens (including phenoxy) is 1. The highest BCUT2D eigenvalue weighted by atomic mass is 16.5. The molecule has 2 aromatic carbocycles. The van der Waals surface area contributed by atoms with Crippen molar-refractivity contribution >= 4 is 11.9 Å². The van der Waals surface area contributed by atoms with Crippen molar-refractivity contribution < 1.29 is 19.4 Å². The van der Waals surface area contributed by atoms with E-state index in [1.54, 1.807) is 6.07 Å². The van der Waals surface area contributed by atoms with E-state index in [1.807, 2.05) is 48.5 Å². The number of carboxylic acids is 1. The first-order valence-electron chi connectivity index (χ1n) is 8.93. The maximum Gasteiger partial charge on any atom is 0.306 e. The molecular weight excluding hydrogens is 330 g/mol. The Morgan fingerprint density at radius 3 is 2.31 bits per heavy atom. The largest absolute Gasteiger partial charge is 0.489 e. The summed E-state index contributed by atoms with van der Waals surface area (Å²) < 4.78 is 5.77. The van der Waals surface area contributed by atoms with Gasteiger partial charge in [0.15, 0.2) is 0 Å². The lowest BCUT2D eigenvalue weighted by Crippen LogP contribution is -2.39. The number of carbonyl (C=O) groups excluding carboxylic acids is 1. The normalized spacial score (nSPS) is 19.5. The predicted octanol–water partition coefficient (Wildman–Crippen LogP) is 3.64. The molecule has 0 aromatic heterocycles. The van der Waals surface area contributed by atoms with Gasteiger partial charge >= 0.3 is 5.97 Å². The molecule has 1 fully saturated rings. The lowest BCUT2D eigenvalue weighted by Gasteiger charge is -2.27. The van der Waals surface area contributed by atoms with Gasteiger partial charge in [0.05, 0.1) is 5.92 Å². The molecule has 136 valence electrons. The molecule has 1 aliphatic carbocycles. The van der Waals surface area contributed by atoms with Gasteiger partial charge in [0.25, 0.3) is 5.91 Å². The number of benzene rings is 2. The van der Waals surface area contributed by atoms with Gasteiger partial charge in [-0.15, -0.1) is 0 Å². The molecule has 0 aliphatic heterocycles. The van der Waals surface area contributed by atoms with Crippen molar-refractivity contribution in [1.82, 2.24) is 5.32 Å². The molecule has 5 heteroatoms. The molecular formula is C21H23NO4. The van der Waals surface area contributed by atoms with Crippen LogP contribution in [0, 0.1) is 5.92 Å². The van der Waals surface area contributed by atoms with Crippen molar-refractivity contribution in [2.75, 3.05) is 0 Å². The maximum absolute atomic E-state index is 12.7. The second-order valence-corrected chi connectivity index (χ2v) is 6.62. The molecule has 0 saturated heterocycles. The van der Waals surface area contributed by atoms with E-state index in [2.05, 4.69) is 5.32 Å². The highest BCUT2D eigenvalue weighted by Crippen LogP contribution is 2.25. The van der Waals surface area contributed by atoms with Crippen LogP contribution in [-0.2, 0) is 11.4 Å². The minimum Gasteiger partial charge on any atom is -0.489 e. The minimum atomic E-state index is -0.738. The number of hydrogen-bond acceptors (Lipinski definition) is 3. The molecule has 2 N–H and O–H groups in total. The fraction of sp³-hybridized carbons (Fsp3) is 0.333. The Morgan fingerprint density at radius 1 is 0.962 bits per heavy atom. The Hall–Kier alpha value is -2.82. The standard InChI is InChI=1S/C21H23NO4/c23-20(22-17-12-10-15(11-13-17)21(24)25)19-9-5-4-6-16(19)14-26-18-7-2-1-3-8-18/h1-9,15,17H,10-14H2,(H,22,23)(H,24,25). The van der Waals surface area contributed by atoms with Crippen LogP contribution in [0.1, 0.15) is 41.6 Å². The molecule has 0 spiro atoms. The van der Waals surface area contributed by atoms with Crippen LogP contribution in [0.5, 0.6) is 5.75 Å². The average molecular weight is 353 g/mol. The van der Waals surface area contributed by atoms with E-state index in [9.17, 15) is 9.59 Å². The summed E-state index contributed by atoms with van der Waals surface area (Å²) >= 11 is 0. The van der Waals surface area contributed by atoms with Crippen molar-refractivity contribution in [2.45, 2.75) is 38.3 Å². The molecule has 2 aromatic rings. The fourth-order valence-corrected chi connectivity index (χ4v) is 3.29. The number of aliphatic carboxylic acids is 1. The summed E-state index contributed by atoms with van der Waals surface area (Å²) in [6.45, 7) is 0.319. The lowest BCUT2D eigenvalue weighted by atomic mass is 9.86. The van der Waals surface area contributed by atoms with Crippen molar-refractivity contribution in [3.63, 3.8) is 0 Å². The SMILES string of the molecule is O=C(NC1CCC(C(=O)O)CC1)c1ccccc1COc1ccccc1. The van der Waals surface area contributed by atoms with E-state index >= 15 is 0 Å². The minimum absolute atomic E-state index is 0.0289. The summed E-state index contributed by atoms with van der Waals surface area (Å²) in [7, 11) is 0. The zero-order valence-corrected chi connectivity index (χ0v) is 14.6. The van der Waals surface area contributed by atoms with Gasteiger partial charge in [0.2, 0.25) is 0 Å². The Bertz CT molecular complexity index is 752. The van der Waals surface area contributed by atoms with E-state index in [4.69, 9.17) is 9.84 Å². The molecule has 26 heavy (non-hydrogen) atoms. The first-order valence-corrected chi connectivity index (χ1v) is 8.93. The molecule has 5 nitrogen and oxygen atoms in total. The van der Waals surface area contributed by atoms with Gasteiger partial charge < -0.3 is 15.2 Å². The number of nitrogens with one attached hydrogen (secondary N) is 1. The Morgan fingerprint density at radius 2 is 1.62 bits per heavy atom. The first kappa shape index (κ1) is 18.0. The monoisotopic (exact) mass is 353 g/mol. The zero-order valence-electron chi connectivity index (χ0n) is 14.6. The third kappa shape index (κ3) is 4.63. The lowest BCUT2D eigenvalue weighted by molar-refractivity contribution is -0.142. The maximum atomic E-state index is 12.7. The van der Waals surface area contributed by atoms with E-state index in [1.165, 1.54) is 0 Å². The van der Waals surface area contributed by atoms with Gasteiger partial charge in [-0.05, 0) is 43.9 Å². The van der Waals surface area contributed by atoms with Gasteiger partial charge in [-0.3, -0.25) is 9.59 Å². The van der Waals surface area contributed by atoms with Gasteiger partial charge in [-0.2, -0.15) is 0 Å². The summed E-state index contributed by atoms with van der Waals surface area (Å²) in [6, 6.07) is 16.9. The smallest absolute Gasteiger partial charge is 0.306 e. The zero-order chi connectivity index (χ0) is 18.4. The molecule has 3 rings (SSSR count). The van der Waals surface area contributed by atoms with Crippen LogP contribution in [0.4, 0.5) is 0 Å². The summed E-state index contributed by atoms with van der Waals surface area (Å²) in [5.74, 6) is -0.390. The third-order valence-electron chi connectivity index (χ3n) is 4.81. The van der Waals surface area contributed by atoms with Gasteiger partial charge in [-0.25, -0.2) is 0 Å². The van der Waals surface area contributed by atoms with Crippen LogP contribution in [-0.4, -0.2) is 23.0 Å². The quantitative estimate of drug-likeness (QED) is 0.831. The number of carboxylic acid groups (broad SMARTS) is 1. The fourth-order valence-electron chi connectivity index (χ4n) is 3.29. The molecule has 0 radical (unpaired) electrons. The highest BCUT2D eigenvalue weighted by molar-refractivity contribution is 5.95. The number of hydrogen-bond donors (Lipinski definition) is 2. The highest BCUT2D eigenvalue weighted by Gasteiger charge is 2.27. The second kappa shape index (κ2) is 8.52. The summed E-state index contributed by atoms with van der Waals surface area (Å²) in [5, 5.41) is 12.1.